The van der Waals surface area contributed by atoms with E-state index in [0.29, 0.717) is 61.5 Å². The molecule has 0 aliphatic carbocycles. The predicted molar refractivity (Wildman–Crippen MR) is 249 cm³/mol. The monoisotopic (exact) mass is 866 g/mol. The summed E-state index contributed by atoms with van der Waals surface area (Å²) in [5.41, 5.74) is 7.29. The van der Waals surface area contributed by atoms with Crippen molar-refractivity contribution in [2.45, 2.75) is 32.2 Å². The molecule has 2 atom stereocenters. The fourth-order valence-corrected chi connectivity index (χ4v) is 8.49. The molecule has 65 heavy (non-hydrogen) atoms. The van der Waals surface area contributed by atoms with Crippen LogP contribution in [-0.2, 0) is 16.0 Å². The lowest BCUT2D eigenvalue weighted by molar-refractivity contribution is 0.0942. The Labute approximate surface area is 373 Å². The van der Waals surface area contributed by atoms with Crippen molar-refractivity contribution in [2.75, 3.05) is 44.2 Å². The van der Waals surface area contributed by atoms with Crippen molar-refractivity contribution < 1.29 is 23.8 Å². The SMILES string of the molecule is COc1ccc(Cn2nc(Nc3ccc4c(C(=O)CC5CCOC5)nccc4c3)c3ncccc32)cc1.O=C(CC1CCOC1)c1nccc2cc(Nc3n[nH]c4cccnc34)ccc12. The number of aromatic amines is 1. The standard InChI is InChI=1S/C29H27N5O3.C21H19N5O2/c1-36-23-7-4-19(5-8-23)17-34-25-3-2-12-30-28(25)29(33-34)32-22-6-9-24-21(16-22)10-13-31-27(24)26(35)15-20-11-14-37-18-20;27-18(10-13-6-9-28-12-13)19-16-4-3-15(11-14(16)5-8-23-19)24-21-20-17(25-26-21)2-1-7-22-20/h2-10,12-13,16,20H,11,14-15,17-18H2,1H3,(H,32,33);1-5,7-8,11,13H,6,9-10,12H2,(H2,24,25,26). The summed E-state index contributed by atoms with van der Waals surface area (Å²) in [6, 6.07) is 31.3. The van der Waals surface area contributed by atoms with Gasteiger partial charge in [0.15, 0.2) is 23.2 Å². The van der Waals surface area contributed by atoms with E-state index in [-0.39, 0.29) is 17.5 Å². The Morgan fingerprint density at radius 1 is 0.692 bits per heavy atom. The van der Waals surface area contributed by atoms with Gasteiger partial charge in [0.2, 0.25) is 0 Å². The molecule has 6 aromatic heterocycles. The minimum atomic E-state index is 0.0641. The van der Waals surface area contributed by atoms with Gasteiger partial charge in [-0.15, -0.1) is 0 Å². The van der Waals surface area contributed by atoms with Gasteiger partial charge in [0, 0.05) is 86.2 Å². The van der Waals surface area contributed by atoms with Gasteiger partial charge < -0.3 is 24.8 Å². The summed E-state index contributed by atoms with van der Waals surface area (Å²) in [6.07, 6.45) is 9.72. The molecular formula is C50H46N10O5. The molecule has 0 saturated carbocycles. The second-order valence-electron chi connectivity index (χ2n) is 16.4. The molecule has 2 fully saturated rings. The molecule has 9 aromatic rings. The molecule has 15 nitrogen and oxygen atoms in total. The van der Waals surface area contributed by atoms with Crippen LogP contribution in [0.1, 0.15) is 52.2 Å². The third-order valence-corrected chi connectivity index (χ3v) is 11.9. The zero-order chi connectivity index (χ0) is 44.1. The Bertz CT molecular complexity index is 3160. The quantitative estimate of drug-likeness (QED) is 0.0933. The Balaban J connectivity index is 0.000000159. The first-order valence-electron chi connectivity index (χ1n) is 21.7. The number of carbonyl (C=O) groups is 2. The van der Waals surface area contributed by atoms with Crippen molar-refractivity contribution in [3.8, 4) is 5.75 Å². The molecule has 2 aliphatic rings. The van der Waals surface area contributed by atoms with E-state index in [9.17, 15) is 9.59 Å². The van der Waals surface area contributed by atoms with Crippen LogP contribution in [0.25, 0.3) is 43.6 Å². The number of hydrogen-bond acceptors (Lipinski definition) is 13. The van der Waals surface area contributed by atoms with Gasteiger partial charge in [-0.2, -0.15) is 10.2 Å². The summed E-state index contributed by atoms with van der Waals surface area (Å²) >= 11 is 0. The van der Waals surface area contributed by atoms with Gasteiger partial charge >= 0.3 is 0 Å². The van der Waals surface area contributed by atoms with Crippen LogP contribution in [0.3, 0.4) is 0 Å². The van der Waals surface area contributed by atoms with Crippen LogP contribution < -0.4 is 15.4 Å². The zero-order valence-corrected chi connectivity index (χ0v) is 35.7. The second-order valence-corrected chi connectivity index (χ2v) is 16.4. The molecule has 2 aliphatic heterocycles. The summed E-state index contributed by atoms with van der Waals surface area (Å²) in [5, 5.41) is 22.5. The smallest absolute Gasteiger partial charge is 0.182 e. The highest BCUT2D eigenvalue weighted by Crippen LogP contribution is 2.31. The van der Waals surface area contributed by atoms with Crippen LogP contribution in [0.4, 0.5) is 23.0 Å². The number of ketones is 2. The summed E-state index contributed by atoms with van der Waals surface area (Å²) in [5.74, 6) is 2.88. The molecule has 8 heterocycles. The largest absolute Gasteiger partial charge is 0.497 e. The number of H-pyrrole nitrogens is 1. The van der Waals surface area contributed by atoms with Gasteiger partial charge in [0.05, 0.1) is 24.7 Å². The topological polar surface area (TPSA) is 184 Å². The number of rotatable bonds is 13. The maximum Gasteiger partial charge on any atom is 0.182 e. The summed E-state index contributed by atoms with van der Waals surface area (Å²) in [6.45, 7) is 3.39. The normalized spacial score (nSPS) is 15.9. The van der Waals surface area contributed by atoms with Gasteiger partial charge in [0.1, 0.15) is 28.2 Å². The molecule has 3 N–H and O–H groups in total. The van der Waals surface area contributed by atoms with E-state index < -0.39 is 0 Å². The molecule has 15 heteroatoms. The van der Waals surface area contributed by atoms with Gasteiger partial charge in [0.25, 0.3) is 0 Å². The molecule has 0 bridgehead atoms. The number of fused-ring (bicyclic) bond motifs is 4. The number of Topliss-reactive ketones (excluding diaryl/α,β-unsaturated/α-hetero) is 2. The number of ether oxygens (including phenoxy) is 3. The number of aromatic nitrogens is 8. The lowest BCUT2D eigenvalue weighted by Gasteiger charge is -2.10. The number of nitrogens with zero attached hydrogens (tertiary/aromatic N) is 7. The lowest BCUT2D eigenvalue weighted by atomic mass is 9.97. The minimum absolute atomic E-state index is 0.0641. The van der Waals surface area contributed by atoms with Crippen molar-refractivity contribution in [1.82, 2.24) is 39.9 Å². The average molecular weight is 867 g/mol. The van der Waals surface area contributed by atoms with Crippen molar-refractivity contribution >= 4 is 78.2 Å². The Hall–Kier alpha value is -7.62. The summed E-state index contributed by atoms with van der Waals surface area (Å²) in [7, 11) is 1.66. The second kappa shape index (κ2) is 18.6. The Morgan fingerprint density at radius 3 is 1.89 bits per heavy atom. The number of hydrogen-bond donors (Lipinski definition) is 3. The fraction of sp³-hybridized carbons (Fsp3) is 0.240. The van der Waals surface area contributed by atoms with E-state index in [2.05, 4.69) is 40.8 Å². The highest BCUT2D eigenvalue weighted by molar-refractivity contribution is 6.08. The van der Waals surface area contributed by atoms with Crippen molar-refractivity contribution in [3.05, 3.63) is 139 Å². The number of benzene rings is 3. The number of nitrogens with one attached hydrogen (secondary N) is 3. The third-order valence-electron chi connectivity index (χ3n) is 11.9. The van der Waals surface area contributed by atoms with Crippen LogP contribution in [0.15, 0.2) is 122 Å². The third kappa shape index (κ3) is 9.10. The minimum Gasteiger partial charge on any atom is -0.497 e. The van der Waals surface area contributed by atoms with E-state index >= 15 is 0 Å². The highest BCUT2D eigenvalue weighted by atomic mass is 16.5. The molecule has 2 saturated heterocycles. The van der Waals surface area contributed by atoms with Crippen LogP contribution >= 0.6 is 0 Å². The lowest BCUT2D eigenvalue weighted by Crippen LogP contribution is -2.10. The van der Waals surface area contributed by atoms with E-state index in [0.717, 1.165) is 92.4 Å². The molecule has 326 valence electrons. The zero-order valence-electron chi connectivity index (χ0n) is 35.7. The fourth-order valence-electron chi connectivity index (χ4n) is 8.49. The number of pyridine rings is 4. The van der Waals surface area contributed by atoms with E-state index in [1.165, 1.54) is 0 Å². The van der Waals surface area contributed by atoms with Crippen LogP contribution in [0, 0.1) is 11.8 Å². The van der Waals surface area contributed by atoms with Crippen molar-refractivity contribution in [3.63, 3.8) is 0 Å². The number of carbonyl (C=O) groups excluding carboxylic acids is 2. The first-order valence-corrected chi connectivity index (χ1v) is 21.7. The van der Waals surface area contributed by atoms with E-state index in [1.807, 2.05) is 102 Å². The first kappa shape index (κ1) is 41.4. The van der Waals surface area contributed by atoms with Crippen LogP contribution in [-0.4, -0.2) is 85.0 Å². The molecule has 0 radical (unpaired) electrons. The molecule has 2 unspecified atom stereocenters. The highest BCUT2D eigenvalue weighted by Gasteiger charge is 2.24. The van der Waals surface area contributed by atoms with Crippen LogP contribution in [0.2, 0.25) is 0 Å². The molecule has 11 rings (SSSR count). The maximum absolute atomic E-state index is 13.0. The summed E-state index contributed by atoms with van der Waals surface area (Å²) < 4.78 is 18.0. The molecular weight excluding hydrogens is 821 g/mol. The summed E-state index contributed by atoms with van der Waals surface area (Å²) in [4.78, 5) is 43.4. The van der Waals surface area contributed by atoms with E-state index in [1.54, 1.807) is 31.9 Å². The Morgan fingerprint density at radius 2 is 1.29 bits per heavy atom. The van der Waals surface area contributed by atoms with E-state index in [4.69, 9.17) is 19.3 Å². The molecule has 0 amide bonds. The van der Waals surface area contributed by atoms with Gasteiger partial charge in [-0.25, -0.2) is 0 Å². The van der Waals surface area contributed by atoms with Gasteiger partial charge in [-0.3, -0.25) is 39.3 Å². The molecule has 0 spiro atoms. The van der Waals surface area contributed by atoms with Crippen molar-refractivity contribution in [2.24, 2.45) is 11.8 Å². The predicted octanol–water partition coefficient (Wildman–Crippen LogP) is 9.25. The average Bonchev–Trinajstić information content (AvgIpc) is 4.19. The number of anilines is 4. The van der Waals surface area contributed by atoms with Crippen LogP contribution in [0.5, 0.6) is 5.75 Å². The number of methoxy groups -OCH3 is 1. The van der Waals surface area contributed by atoms with Gasteiger partial charge in [-0.1, -0.05) is 24.3 Å². The van der Waals surface area contributed by atoms with Gasteiger partial charge in [-0.05, 0) is 114 Å². The molecule has 3 aromatic carbocycles. The maximum atomic E-state index is 13.0. The van der Waals surface area contributed by atoms with Crippen molar-refractivity contribution in [1.29, 1.82) is 0 Å². The Kier molecular flexibility index (Phi) is 11.9. The first-order chi connectivity index (χ1) is 32.0.